The Morgan fingerprint density at radius 2 is 2.10 bits per heavy atom. The van der Waals surface area contributed by atoms with E-state index >= 15 is 0 Å². The summed E-state index contributed by atoms with van der Waals surface area (Å²) in [6, 6.07) is 3.47. The fourth-order valence-corrected chi connectivity index (χ4v) is 3.89. The summed E-state index contributed by atoms with van der Waals surface area (Å²) in [5.41, 5.74) is 0.397. The van der Waals surface area contributed by atoms with Crippen LogP contribution in [0, 0.1) is 28.6 Å². The van der Waals surface area contributed by atoms with Gasteiger partial charge in [0.1, 0.15) is 0 Å². The van der Waals surface area contributed by atoms with Gasteiger partial charge in [0, 0.05) is 18.6 Å². The van der Waals surface area contributed by atoms with Crippen molar-refractivity contribution in [3.63, 3.8) is 0 Å². The highest BCUT2D eigenvalue weighted by Crippen LogP contribution is 2.43. The average Bonchev–Trinajstić information content (AvgIpc) is 2.47. The van der Waals surface area contributed by atoms with Gasteiger partial charge < -0.3 is 4.74 Å². The second-order valence-electron chi connectivity index (χ2n) is 7.32. The van der Waals surface area contributed by atoms with Crippen LogP contribution in [-0.2, 0) is 4.74 Å². The first kappa shape index (κ1) is 15.8. The highest BCUT2D eigenvalue weighted by molar-refractivity contribution is 5.01. The molecule has 20 heavy (non-hydrogen) atoms. The van der Waals surface area contributed by atoms with Gasteiger partial charge >= 0.3 is 0 Å². The van der Waals surface area contributed by atoms with Crippen LogP contribution in [0.2, 0.25) is 0 Å². The predicted octanol–water partition coefficient (Wildman–Crippen LogP) is 3.45. The third kappa shape index (κ3) is 3.18. The van der Waals surface area contributed by atoms with Gasteiger partial charge in [0.25, 0.3) is 0 Å². The van der Waals surface area contributed by atoms with E-state index < -0.39 is 0 Å². The second-order valence-corrected chi connectivity index (χ2v) is 7.32. The molecule has 1 aliphatic heterocycles. The highest BCUT2D eigenvalue weighted by atomic mass is 16.5. The van der Waals surface area contributed by atoms with Crippen molar-refractivity contribution in [1.82, 2.24) is 4.90 Å². The van der Waals surface area contributed by atoms with Crippen LogP contribution in [0.5, 0.6) is 0 Å². The third-order valence-corrected chi connectivity index (χ3v) is 5.84. The van der Waals surface area contributed by atoms with Crippen molar-refractivity contribution in [2.75, 3.05) is 19.8 Å². The van der Waals surface area contributed by atoms with Gasteiger partial charge in [-0.25, -0.2) is 0 Å². The molecule has 0 N–H and O–H groups in total. The molecule has 0 bridgehead atoms. The number of hydrogen-bond acceptors (Lipinski definition) is 3. The smallest absolute Gasteiger partial charge is 0.0672 e. The minimum Gasteiger partial charge on any atom is -0.379 e. The number of nitrogens with zero attached hydrogens (tertiary/aromatic N) is 2. The van der Waals surface area contributed by atoms with E-state index in [4.69, 9.17) is 4.74 Å². The summed E-state index contributed by atoms with van der Waals surface area (Å²) >= 11 is 0. The van der Waals surface area contributed by atoms with Crippen molar-refractivity contribution in [2.45, 2.75) is 65.5 Å². The summed E-state index contributed by atoms with van der Waals surface area (Å²) in [4.78, 5) is 2.55. The maximum Gasteiger partial charge on any atom is 0.0672 e. The lowest BCUT2D eigenvalue weighted by molar-refractivity contribution is -0.0507. The summed E-state index contributed by atoms with van der Waals surface area (Å²) < 4.78 is 5.56. The Labute approximate surface area is 124 Å². The van der Waals surface area contributed by atoms with Crippen LogP contribution < -0.4 is 0 Å². The Morgan fingerprint density at radius 3 is 2.70 bits per heavy atom. The molecular formula is C17H30N2O. The lowest BCUT2D eigenvalue weighted by atomic mass is 9.65. The molecule has 1 heterocycles. The molecule has 2 rings (SSSR count). The van der Waals surface area contributed by atoms with Crippen LogP contribution in [0.3, 0.4) is 0 Å². The molecule has 4 unspecified atom stereocenters. The fourth-order valence-electron chi connectivity index (χ4n) is 3.89. The molecule has 114 valence electrons. The molecule has 1 aliphatic carbocycles. The molecule has 0 aromatic rings. The summed E-state index contributed by atoms with van der Waals surface area (Å²) in [6.07, 6.45) is 4.69. The Kier molecular flexibility index (Phi) is 5.09. The standard InChI is InChI=1S/C17H30N2O/c1-5-17(3,4)15-7-6-14(11-18)16(10-15)19-8-9-20-12-13(19)2/h13-16H,5-10,12H2,1-4H3. The van der Waals surface area contributed by atoms with Gasteiger partial charge in [-0.2, -0.15) is 5.26 Å². The number of nitriles is 1. The summed E-state index contributed by atoms with van der Waals surface area (Å²) in [6.45, 7) is 11.9. The summed E-state index contributed by atoms with van der Waals surface area (Å²) in [5.74, 6) is 0.955. The maximum absolute atomic E-state index is 9.52. The second kappa shape index (κ2) is 6.45. The van der Waals surface area contributed by atoms with Gasteiger partial charge in [0.15, 0.2) is 0 Å². The van der Waals surface area contributed by atoms with E-state index in [1.165, 1.54) is 19.3 Å². The van der Waals surface area contributed by atoms with Crippen LogP contribution in [0.4, 0.5) is 0 Å². The Morgan fingerprint density at radius 1 is 1.35 bits per heavy atom. The minimum absolute atomic E-state index is 0.208. The van der Waals surface area contributed by atoms with Gasteiger partial charge in [-0.15, -0.1) is 0 Å². The zero-order valence-corrected chi connectivity index (χ0v) is 13.6. The van der Waals surface area contributed by atoms with E-state index in [9.17, 15) is 5.26 Å². The van der Waals surface area contributed by atoms with E-state index in [0.29, 0.717) is 17.5 Å². The molecule has 3 heteroatoms. The molecule has 2 aliphatic rings. The Bertz CT molecular complexity index is 360. The molecule has 0 spiro atoms. The SMILES string of the molecule is CCC(C)(C)C1CCC(C#N)C(N2CCOCC2C)C1. The van der Waals surface area contributed by atoms with Crippen LogP contribution in [-0.4, -0.2) is 36.7 Å². The van der Waals surface area contributed by atoms with Gasteiger partial charge in [-0.3, -0.25) is 4.90 Å². The van der Waals surface area contributed by atoms with Gasteiger partial charge in [-0.05, 0) is 37.5 Å². The van der Waals surface area contributed by atoms with E-state index in [1.807, 2.05) is 0 Å². The third-order valence-electron chi connectivity index (χ3n) is 5.84. The van der Waals surface area contributed by atoms with Crippen molar-refractivity contribution in [3.8, 4) is 6.07 Å². The zero-order chi connectivity index (χ0) is 14.8. The highest BCUT2D eigenvalue weighted by Gasteiger charge is 2.41. The topological polar surface area (TPSA) is 36.3 Å². The minimum atomic E-state index is 0.208. The van der Waals surface area contributed by atoms with E-state index in [1.54, 1.807) is 0 Å². The molecule has 1 saturated heterocycles. The van der Waals surface area contributed by atoms with E-state index in [-0.39, 0.29) is 5.92 Å². The molecule has 0 amide bonds. The zero-order valence-electron chi connectivity index (χ0n) is 13.6. The first-order chi connectivity index (χ1) is 9.49. The van der Waals surface area contributed by atoms with E-state index in [2.05, 4.69) is 38.7 Å². The van der Waals surface area contributed by atoms with Crippen molar-refractivity contribution < 1.29 is 4.74 Å². The summed E-state index contributed by atoms with van der Waals surface area (Å²) in [7, 11) is 0. The molecule has 0 aromatic heterocycles. The quantitative estimate of drug-likeness (QED) is 0.793. The van der Waals surface area contributed by atoms with Crippen molar-refractivity contribution in [3.05, 3.63) is 0 Å². The van der Waals surface area contributed by atoms with Crippen molar-refractivity contribution in [2.24, 2.45) is 17.3 Å². The molecular weight excluding hydrogens is 248 g/mol. The molecule has 0 radical (unpaired) electrons. The fraction of sp³-hybridized carbons (Fsp3) is 0.941. The molecule has 4 atom stereocenters. The van der Waals surface area contributed by atoms with Gasteiger partial charge in [-0.1, -0.05) is 27.2 Å². The van der Waals surface area contributed by atoms with Gasteiger partial charge in [0.05, 0.1) is 25.2 Å². The molecule has 3 nitrogen and oxygen atoms in total. The number of morpholine rings is 1. The summed E-state index contributed by atoms with van der Waals surface area (Å²) in [5, 5.41) is 9.52. The monoisotopic (exact) mass is 278 g/mol. The van der Waals surface area contributed by atoms with Gasteiger partial charge in [0.2, 0.25) is 0 Å². The van der Waals surface area contributed by atoms with Crippen LogP contribution in [0.25, 0.3) is 0 Å². The van der Waals surface area contributed by atoms with Crippen LogP contribution in [0.1, 0.15) is 53.4 Å². The maximum atomic E-state index is 9.52. The lowest BCUT2D eigenvalue weighted by Crippen LogP contribution is -2.54. The molecule has 2 fully saturated rings. The number of ether oxygens (including phenoxy) is 1. The first-order valence-corrected chi connectivity index (χ1v) is 8.22. The molecule has 0 aromatic carbocycles. The predicted molar refractivity (Wildman–Crippen MR) is 81.3 cm³/mol. The average molecular weight is 278 g/mol. The Balaban J connectivity index is 2.12. The van der Waals surface area contributed by atoms with Crippen molar-refractivity contribution in [1.29, 1.82) is 5.26 Å². The van der Waals surface area contributed by atoms with E-state index in [0.717, 1.165) is 32.1 Å². The first-order valence-electron chi connectivity index (χ1n) is 8.22. The van der Waals surface area contributed by atoms with Crippen LogP contribution >= 0.6 is 0 Å². The lowest BCUT2D eigenvalue weighted by Gasteiger charge is -2.48. The number of rotatable bonds is 3. The van der Waals surface area contributed by atoms with Crippen LogP contribution in [0.15, 0.2) is 0 Å². The normalized spacial score (nSPS) is 36.5. The number of hydrogen-bond donors (Lipinski definition) is 0. The molecule has 1 saturated carbocycles. The largest absolute Gasteiger partial charge is 0.379 e. The van der Waals surface area contributed by atoms with Crippen molar-refractivity contribution >= 4 is 0 Å². The Hall–Kier alpha value is -0.590.